The van der Waals surface area contributed by atoms with Crippen LogP contribution in [0, 0.1) is 11.3 Å². The molecule has 1 aliphatic rings. The highest BCUT2D eigenvalue weighted by molar-refractivity contribution is 9.08. The maximum atomic E-state index is 11.2. The number of aromatic carboxylic acids is 1. The maximum Gasteiger partial charge on any atom is 0.346 e. The van der Waals surface area contributed by atoms with Gasteiger partial charge in [0.25, 0.3) is 0 Å². The van der Waals surface area contributed by atoms with Gasteiger partial charge in [-0.2, -0.15) is 5.26 Å². The molecule has 1 saturated heterocycles. The lowest BCUT2D eigenvalue weighted by Gasteiger charge is -2.27. The van der Waals surface area contributed by atoms with Gasteiger partial charge in [-0.25, -0.2) is 4.79 Å². The van der Waals surface area contributed by atoms with Gasteiger partial charge in [0, 0.05) is 24.0 Å². The first-order valence-corrected chi connectivity index (χ1v) is 7.30. The molecule has 0 aromatic carbocycles. The molecule has 0 unspecified atom stereocenters. The Balaban J connectivity index is 2.46. The van der Waals surface area contributed by atoms with E-state index in [9.17, 15) is 10.1 Å². The lowest BCUT2D eigenvalue weighted by atomic mass is 10.1. The molecule has 1 N–H and O–H groups in total. The highest BCUT2D eigenvalue weighted by Gasteiger charge is 2.25. The summed E-state index contributed by atoms with van der Waals surface area (Å²) in [5.41, 5.74) is 1.03. The minimum Gasteiger partial charge on any atom is -0.477 e. The maximum absolute atomic E-state index is 11.2. The molecule has 1 aromatic heterocycles. The van der Waals surface area contributed by atoms with E-state index in [-0.39, 0.29) is 4.88 Å². The first-order chi connectivity index (χ1) is 8.69. The van der Waals surface area contributed by atoms with Gasteiger partial charge in [0.15, 0.2) is 0 Å². The molecule has 0 amide bonds. The number of morpholine rings is 1. The zero-order chi connectivity index (χ0) is 13.1. The Labute approximate surface area is 117 Å². The standard InChI is InChI=1S/C11H11BrN2O3S/c12-5-7-8(6-13)10(18-9(7)11(15)16)14-1-3-17-4-2-14/h1-5H2,(H,15,16). The second kappa shape index (κ2) is 5.69. The van der Waals surface area contributed by atoms with Crippen LogP contribution in [0.15, 0.2) is 0 Å². The fraction of sp³-hybridized carbons (Fsp3) is 0.455. The number of rotatable bonds is 3. The van der Waals surface area contributed by atoms with Crippen molar-refractivity contribution in [3.05, 3.63) is 16.0 Å². The molecule has 0 atom stereocenters. The summed E-state index contributed by atoms with van der Waals surface area (Å²) in [6, 6.07) is 2.12. The Kier molecular flexibility index (Phi) is 4.22. The fourth-order valence-electron chi connectivity index (χ4n) is 1.86. The zero-order valence-electron chi connectivity index (χ0n) is 9.48. The summed E-state index contributed by atoms with van der Waals surface area (Å²) >= 11 is 4.42. The van der Waals surface area contributed by atoms with E-state index in [2.05, 4.69) is 22.0 Å². The Morgan fingerprint density at radius 3 is 2.72 bits per heavy atom. The van der Waals surface area contributed by atoms with Crippen LogP contribution in [-0.2, 0) is 10.1 Å². The molecule has 1 fully saturated rings. The Morgan fingerprint density at radius 2 is 2.22 bits per heavy atom. The van der Waals surface area contributed by atoms with Crippen molar-refractivity contribution in [2.45, 2.75) is 5.33 Å². The molecule has 2 rings (SSSR count). The molecule has 0 radical (unpaired) electrons. The van der Waals surface area contributed by atoms with Crippen LogP contribution in [-0.4, -0.2) is 37.4 Å². The topological polar surface area (TPSA) is 73.6 Å². The number of carboxylic acids is 1. The van der Waals surface area contributed by atoms with Crippen molar-refractivity contribution in [1.82, 2.24) is 0 Å². The van der Waals surface area contributed by atoms with Gasteiger partial charge in [-0.3, -0.25) is 0 Å². The van der Waals surface area contributed by atoms with Crippen molar-refractivity contribution in [3.63, 3.8) is 0 Å². The predicted octanol–water partition coefficient (Wildman–Crippen LogP) is 2.05. The molecule has 1 aromatic rings. The molecule has 0 bridgehead atoms. The average Bonchev–Trinajstić information content (AvgIpc) is 2.78. The summed E-state index contributed by atoms with van der Waals surface area (Å²) in [6.45, 7) is 2.59. The summed E-state index contributed by atoms with van der Waals surface area (Å²) < 4.78 is 5.26. The molecule has 7 heteroatoms. The van der Waals surface area contributed by atoms with Crippen molar-refractivity contribution in [3.8, 4) is 6.07 Å². The Hall–Kier alpha value is -1.10. The highest BCUT2D eigenvalue weighted by atomic mass is 79.9. The van der Waals surface area contributed by atoms with Gasteiger partial charge in [-0.05, 0) is 0 Å². The molecule has 0 spiro atoms. The van der Waals surface area contributed by atoms with E-state index in [1.54, 1.807) is 0 Å². The number of carboxylic acid groups (broad SMARTS) is 1. The van der Waals surface area contributed by atoms with Gasteiger partial charge in [-0.1, -0.05) is 15.9 Å². The Bertz CT molecular complexity index is 503. The van der Waals surface area contributed by atoms with Crippen LogP contribution in [0.4, 0.5) is 5.00 Å². The lowest BCUT2D eigenvalue weighted by Crippen LogP contribution is -2.36. The van der Waals surface area contributed by atoms with Gasteiger partial charge in [0.05, 0.1) is 18.8 Å². The van der Waals surface area contributed by atoms with E-state index in [0.717, 1.165) is 5.00 Å². The summed E-state index contributed by atoms with van der Waals surface area (Å²) in [6.07, 6.45) is 0. The quantitative estimate of drug-likeness (QED) is 0.858. The van der Waals surface area contributed by atoms with Gasteiger partial charge in [-0.15, -0.1) is 11.3 Å². The molecule has 0 saturated carbocycles. The number of carbonyl (C=O) groups is 1. The number of thiophene rings is 1. The minimum absolute atomic E-state index is 0.241. The fourth-order valence-corrected chi connectivity index (χ4v) is 3.76. The monoisotopic (exact) mass is 330 g/mol. The molecular weight excluding hydrogens is 320 g/mol. The van der Waals surface area contributed by atoms with Gasteiger partial charge in [0.1, 0.15) is 15.9 Å². The number of anilines is 1. The van der Waals surface area contributed by atoms with Crippen LogP contribution >= 0.6 is 27.3 Å². The summed E-state index contributed by atoms with van der Waals surface area (Å²) in [7, 11) is 0. The van der Waals surface area contributed by atoms with Crippen LogP contribution in [0.25, 0.3) is 0 Å². The Morgan fingerprint density at radius 1 is 1.56 bits per heavy atom. The average molecular weight is 331 g/mol. The second-order valence-corrected chi connectivity index (χ2v) is 5.30. The van der Waals surface area contributed by atoms with Crippen molar-refractivity contribution < 1.29 is 14.6 Å². The predicted molar refractivity (Wildman–Crippen MR) is 71.7 cm³/mol. The van der Waals surface area contributed by atoms with Crippen LogP contribution in [0.2, 0.25) is 0 Å². The molecule has 2 heterocycles. The highest BCUT2D eigenvalue weighted by Crippen LogP contribution is 2.37. The number of ether oxygens (including phenoxy) is 1. The summed E-state index contributed by atoms with van der Waals surface area (Å²) in [5, 5.41) is 19.5. The number of nitrogens with zero attached hydrogens (tertiary/aromatic N) is 2. The smallest absolute Gasteiger partial charge is 0.346 e. The van der Waals surface area contributed by atoms with Gasteiger partial charge in [0.2, 0.25) is 0 Å². The molecule has 5 nitrogen and oxygen atoms in total. The molecule has 18 heavy (non-hydrogen) atoms. The largest absolute Gasteiger partial charge is 0.477 e. The normalized spacial score (nSPS) is 15.4. The summed E-state index contributed by atoms with van der Waals surface area (Å²) in [4.78, 5) is 13.4. The van der Waals surface area contributed by atoms with E-state index in [0.29, 0.717) is 42.8 Å². The summed E-state index contributed by atoms with van der Waals surface area (Å²) in [5.74, 6) is -0.981. The first-order valence-electron chi connectivity index (χ1n) is 5.36. The van der Waals surface area contributed by atoms with Crippen molar-refractivity contribution in [1.29, 1.82) is 5.26 Å². The molecule has 96 valence electrons. The van der Waals surface area contributed by atoms with Crippen LogP contribution in [0.1, 0.15) is 20.8 Å². The second-order valence-electron chi connectivity index (χ2n) is 3.74. The number of hydrogen-bond acceptors (Lipinski definition) is 5. The third-order valence-electron chi connectivity index (χ3n) is 2.73. The number of alkyl halides is 1. The number of halogens is 1. The van der Waals surface area contributed by atoms with E-state index < -0.39 is 5.97 Å². The third kappa shape index (κ3) is 2.36. The third-order valence-corrected chi connectivity index (χ3v) is 4.57. The molecule has 1 aliphatic heterocycles. The van der Waals surface area contributed by atoms with Crippen LogP contribution < -0.4 is 4.90 Å². The van der Waals surface area contributed by atoms with E-state index in [1.165, 1.54) is 11.3 Å². The number of hydrogen-bond donors (Lipinski definition) is 1. The zero-order valence-corrected chi connectivity index (χ0v) is 11.9. The van der Waals surface area contributed by atoms with Crippen LogP contribution in [0.5, 0.6) is 0 Å². The van der Waals surface area contributed by atoms with Gasteiger partial charge >= 0.3 is 5.97 Å². The van der Waals surface area contributed by atoms with Crippen molar-refractivity contribution >= 4 is 38.2 Å². The van der Waals surface area contributed by atoms with Gasteiger partial charge < -0.3 is 14.7 Å². The van der Waals surface area contributed by atoms with Crippen LogP contribution in [0.3, 0.4) is 0 Å². The molecule has 0 aliphatic carbocycles. The van der Waals surface area contributed by atoms with E-state index in [4.69, 9.17) is 9.84 Å². The van der Waals surface area contributed by atoms with Crippen molar-refractivity contribution in [2.24, 2.45) is 0 Å². The van der Waals surface area contributed by atoms with E-state index in [1.807, 2.05) is 4.90 Å². The first kappa shape index (κ1) is 13.3. The van der Waals surface area contributed by atoms with E-state index >= 15 is 0 Å². The SMILES string of the molecule is N#Cc1c(N2CCOCC2)sc(C(=O)O)c1CBr. The lowest BCUT2D eigenvalue weighted by molar-refractivity contribution is 0.0701. The number of nitriles is 1. The minimum atomic E-state index is -0.981. The molecular formula is C11H11BrN2O3S. The van der Waals surface area contributed by atoms with Crippen molar-refractivity contribution in [2.75, 3.05) is 31.2 Å².